The molecule has 28 heavy (non-hydrogen) atoms. The van der Waals surface area contributed by atoms with Crippen LogP contribution in [0.2, 0.25) is 0 Å². The summed E-state index contributed by atoms with van der Waals surface area (Å²) in [5.41, 5.74) is 0. The zero-order chi connectivity index (χ0) is 19.1. The zero-order valence-electron chi connectivity index (χ0n) is 17.1. The first-order chi connectivity index (χ1) is 13.2. The Morgan fingerprint density at radius 1 is 1.18 bits per heavy atom. The molecule has 2 aliphatic heterocycles. The van der Waals surface area contributed by atoms with Crippen LogP contribution in [0.1, 0.15) is 37.2 Å². The van der Waals surface area contributed by atoms with Crippen molar-refractivity contribution in [3.63, 3.8) is 0 Å². The molecule has 0 atom stereocenters. The van der Waals surface area contributed by atoms with Gasteiger partial charge in [-0.15, -0.1) is 24.0 Å². The van der Waals surface area contributed by atoms with Crippen LogP contribution in [0.25, 0.3) is 0 Å². The molecule has 0 unspecified atom stereocenters. The lowest BCUT2D eigenvalue weighted by Crippen LogP contribution is -2.53. The van der Waals surface area contributed by atoms with Crippen molar-refractivity contribution >= 4 is 35.8 Å². The zero-order valence-corrected chi connectivity index (χ0v) is 19.4. The summed E-state index contributed by atoms with van der Waals surface area (Å²) in [5.74, 6) is 2.22. The van der Waals surface area contributed by atoms with Crippen LogP contribution < -0.4 is 5.32 Å². The lowest BCUT2D eigenvalue weighted by Gasteiger charge is -2.36. The summed E-state index contributed by atoms with van der Waals surface area (Å²) in [6.07, 6.45) is 4.15. The van der Waals surface area contributed by atoms with Crippen LogP contribution in [0, 0.1) is 5.92 Å². The molecule has 0 saturated carbocycles. The second kappa shape index (κ2) is 11.6. The Labute approximate surface area is 185 Å². The summed E-state index contributed by atoms with van der Waals surface area (Å²) in [7, 11) is 0. The highest BCUT2D eigenvalue weighted by Gasteiger charge is 2.25. The fourth-order valence-corrected chi connectivity index (χ4v) is 3.69. The quantitative estimate of drug-likeness (QED) is 0.380. The van der Waals surface area contributed by atoms with Crippen molar-refractivity contribution in [1.29, 1.82) is 0 Å². The molecule has 2 saturated heterocycles. The summed E-state index contributed by atoms with van der Waals surface area (Å²) in [6.45, 7) is 12.5. The van der Waals surface area contributed by atoms with Gasteiger partial charge in [0.05, 0.1) is 12.8 Å². The van der Waals surface area contributed by atoms with Gasteiger partial charge in [-0.1, -0.05) is 6.92 Å². The van der Waals surface area contributed by atoms with E-state index in [1.165, 1.54) is 25.9 Å². The molecule has 7 nitrogen and oxygen atoms in total. The second-order valence-electron chi connectivity index (χ2n) is 7.52. The highest BCUT2D eigenvalue weighted by molar-refractivity contribution is 14.0. The van der Waals surface area contributed by atoms with E-state index in [0.29, 0.717) is 18.8 Å². The van der Waals surface area contributed by atoms with E-state index in [1.54, 1.807) is 18.4 Å². The Balaban J connectivity index is 0.00000280. The van der Waals surface area contributed by atoms with Crippen LogP contribution in [-0.4, -0.2) is 85.5 Å². The number of amides is 1. The van der Waals surface area contributed by atoms with Gasteiger partial charge in [-0.25, -0.2) is 0 Å². The van der Waals surface area contributed by atoms with Crippen molar-refractivity contribution in [2.24, 2.45) is 10.9 Å². The highest BCUT2D eigenvalue weighted by atomic mass is 127. The lowest BCUT2D eigenvalue weighted by atomic mass is 9.99. The molecule has 8 heteroatoms. The van der Waals surface area contributed by atoms with Crippen molar-refractivity contribution in [3.8, 4) is 0 Å². The Kier molecular flexibility index (Phi) is 9.57. The summed E-state index contributed by atoms with van der Waals surface area (Å²) < 4.78 is 5.23. The normalized spacial score (nSPS) is 19.4. The number of halogens is 1. The van der Waals surface area contributed by atoms with E-state index in [4.69, 9.17) is 9.41 Å². The summed E-state index contributed by atoms with van der Waals surface area (Å²) >= 11 is 0. The van der Waals surface area contributed by atoms with Crippen molar-refractivity contribution < 1.29 is 9.21 Å². The van der Waals surface area contributed by atoms with Gasteiger partial charge >= 0.3 is 0 Å². The minimum Gasteiger partial charge on any atom is -0.459 e. The van der Waals surface area contributed by atoms with E-state index >= 15 is 0 Å². The molecule has 0 aromatic carbocycles. The van der Waals surface area contributed by atoms with E-state index < -0.39 is 0 Å². The molecule has 0 radical (unpaired) electrons. The maximum absolute atomic E-state index is 12.4. The van der Waals surface area contributed by atoms with Crippen molar-refractivity contribution in [2.45, 2.75) is 26.7 Å². The van der Waals surface area contributed by atoms with Gasteiger partial charge in [-0.3, -0.25) is 9.79 Å². The molecule has 1 aromatic rings. The Morgan fingerprint density at radius 3 is 2.46 bits per heavy atom. The van der Waals surface area contributed by atoms with Gasteiger partial charge < -0.3 is 24.4 Å². The minimum absolute atomic E-state index is 0. The molecule has 1 N–H and O–H groups in total. The van der Waals surface area contributed by atoms with E-state index in [2.05, 4.69) is 29.0 Å². The van der Waals surface area contributed by atoms with Crippen LogP contribution in [0.5, 0.6) is 0 Å². The number of nitrogens with one attached hydrogen (secondary N) is 1. The maximum atomic E-state index is 12.4. The second-order valence-corrected chi connectivity index (χ2v) is 7.52. The van der Waals surface area contributed by atoms with Gasteiger partial charge in [0, 0.05) is 39.3 Å². The third kappa shape index (κ3) is 6.37. The number of likely N-dealkylation sites (tertiary alicyclic amines) is 1. The molecule has 0 aliphatic carbocycles. The molecule has 0 spiro atoms. The van der Waals surface area contributed by atoms with Gasteiger partial charge in [0.1, 0.15) is 0 Å². The van der Waals surface area contributed by atoms with Crippen LogP contribution in [0.15, 0.2) is 27.8 Å². The maximum Gasteiger partial charge on any atom is 0.289 e. The number of carbonyl (C=O) groups excluding carboxylic acids is 1. The standard InChI is InChI=1S/C20H33N5O2.HI/c1-3-21-20(22-8-11-23-9-6-17(2)7-10-23)25-14-12-24(13-15-25)19(26)18-5-4-16-27-18;/h4-5,16-17H,3,6-15H2,1-2H3,(H,21,22);1H. The molecule has 2 aliphatic rings. The largest absolute Gasteiger partial charge is 0.459 e. The SMILES string of the molecule is CCNC(=NCCN1CCC(C)CC1)N1CCN(C(=O)c2ccco2)CC1.I. The van der Waals surface area contributed by atoms with Gasteiger partial charge in [0.15, 0.2) is 11.7 Å². The van der Waals surface area contributed by atoms with Crippen LogP contribution in [-0.2, 0) is 0 Å². The van der Waals surface area contributed by atoms with Crippen LogP contribution >= 0.6 is 24.0 Å². The number of guanidine groups is 1. The predicted octanol–water partition coefficient (Wildman–Crippen LogP) is 2.35. The Morgan fingerprint density at radius 2 is 1.86 bits per heavy atom. The fourth-order valence-electron chi connectivity index (χ4n) is 3.69. The summed E-state index contributed by atoms with van der Waals surface area (Å²) in [5, 5.41) is 3.40. The van der Waals surface area contributed by atoms with Gasteiger partial charge in [0.25, 0.3) is 5.91 Å². The number of aliphatic imine (C=N–C) groups is 1. The number of nitrogens with zero attached hydrogens (tertiary/aromatic N) is 4. The van der Waals surface area contributed by atoms with Crippen molar-refractivity contribution in [2.75, 3.05) is 58.9 Å². The number of hydrogen-bond acceptors (Lipinski definition) is 4. The first-order valence-corrected chi connectivity index (χ1v) is 10.3. The number of furan rings is 1. The van der Waals surface area contributed by atoms with E-state index in [9.17, 15) is 4.79 Å². The van der Waals surface area contributed by atoms with Crippen molar-refractivity contribution in [1.82, 2.24) is 20.0 Å². The highest BCUT2D eigenvalue weighted by Crippen LogP contribution is 2.15. The number of carbonyl (C=O) groups is 1. The molecule has 2 fully saturated rings. The first-order valence-electron chi connectivity index (χ1n) is 10.3. The monoisotopic (exact) mass is 503 g/mol. The summed E-state index contributed by atoms with van der Waals surface area (Å²) in [4.78, 5) is 23.9. The number of rotatable bonds is 5. The molecule has 0 bridgehead atoms. The van der Waals surface area contributed by atoms with Gasteiger partial charge in [-0.05, 0) is 50.9 Å². The van der Waals surface area contributed by atoms with E-state index in [1.807, 2.05) is 4.90 Å². The average molecular weight is 503 g/mol. The van der Waals surface area contributed by atoms with Crippen molar-refractivity contribution in [3.05, 3.63) is 24.2 Å². The number of piperidine rings is 1. The Bertz CT molecular complexity index is 606. The molecular weight excluding hydrogens is 469 g/mol. The third-order valence-corrected chi connectivity index (χ3v) is 5.49. The summed E-state index contributed by atoms with van der Waals surface area (Å²) in [6, 6.07) is 3.48. The predicted molar refractivity (Wildman–Crippen MR) is 122 cm³/mol. The molecule has 3 rings (SSSR count). The lowest BCUT2D eigenvalue weighted by molar-refractivity contribution is 0.0657. The van der Waals surface area contributed by atoms with E-state index in [-0.39, 0.29) is 29.9 Å². The van der Waals surface area contributed by atoms with E-state index in [0.717, 1.165) is 44.6 Å². The molecule has 158 valence electrons. The molecule has 1 aromatic heterocycles. The smallest absolute Gasteiger partial charge is 0.289 e. The third-order valence-electron chi connectivity index (χ3n) is 5.49. The topological polar surface area (TPSA) is 64.3 Å². The van der Waals surface area contributed by atoms with Gasteiger partial charge in [-0.2, -0.15) is 0 Å². The van der Waals surface area contributed by atoms with Crippen LogP contribution in [0.3, 0.4) is 0 Å². The minimum atomic E-state index is -0.0269. The Hall–Kier alpha value is -1.29. The van der Waals surface area contributed by atoms with Crippen LogP contribution in [0.4, 0.5) is 0 Å². The molecule has 1 amide bonds. The molecule has 3 heterocycles. The fraction of sp³-hybridized carbons (Fsp3) is 0.700. The number of piperazine rings is 1. The first kappa shape index (κ1) is 23.0. The number of hydrogen-bond donors (Lipinski definition) is 1. The molecular formula is C20H34IN5O2. The average Bonchev–Trinajstić information content (AvgIpc) is 3.23. The van der Waals surface area contributed by atoms with Gasteiger partial charge in [0.2, 0.25) is 0 Å².